The summed E-state index contributed by atoms with van der Waals surface area (Å²) < 4.78 is 0. The van der Waals surface area contributed by atoms with E-state index in [1.807, 2.05) is 12.1 Å². The lowest BCUT2D eigenvalue weighted by molar-refractivity contribution is 0.469. The molecule has 0 bridgehead atoms. The molecule has 0 amide bonds. The highest BCUT2D eigenvalue weighted by atomic mass is 16.3. The zero-order chi connectivity index (χ0) is 18.1. The summed E-state index contributed by atoms with van der Waals surface area (Å²) in [5, 5.41) is 9.93. The first-order valence-electron chi connectivity index (χ1n) is 9.60. The molecule has 2 atom stereocenters. The predicted molar refractivity (Wildman–Crippen MR) is 108 cm³/mol. The molecule has 0 saturated heterocycles. The lowest BCUT2D eigenvalue weighted by atomic mass is 9.69. The maximum atomic E-state index is 9.93. The van der Waals surface area contributed by atoms with Gasteiger partial charge in [-0.15, -0.1) is 0 Å². The minimum absolute atomic E-state index is 0.336. The van der Waals surface area contributed by atoms with Crippen molar-refractivity contribution in [1.82, 2.24) is 0 Å². The van der Waals surface area contributed by atoms with E-state index in [2.05, 4.69) is 74.5 Å². The van der Waals surface area contributed by atoms with E-state index in [1.54, 1.807) is 0 Å². The first-order valence-corrected chi connectivity index (χ1v) is 9.60. The minimum atomic E-state index is 0.336. The predicted octanol–water partition coefficient (Wildman–Crippen LogP) is 6.38. The van der Waals surface area contributed by atoms with Crippen LogP contribution in [-0.2, 0) is 6.42 Å². The molecular formula is C25H26O. The van der Waals surface area contributed by atoms with Crippen molar-refractivity contribution < 1.29 is 5.11 Å². The molecule has 132 valence electrons. The summed E-state index contributed by atoms with van der Waals surface area (Å²) in [6.07, 6.45) is 2.13. The number of hydrogen-bond donors (Lipinski definition) is 1. The van der Waals surface area contributed by atoms with Crippen molar-refractivity contribution >= 4 is 0 Å². The van der Waals surface area contributed by atoms with Gasteiger partial charge in [0.2, 0.25) is 0 Å². The summed E-state index contributed by atoms with van der Waals surface area (Å²) in [7, 11) is 0. The van der Waals surface area contributed by atoms with E-state index in [9.17, 15) is 5.11 Å². The lowest BCUT2D eigenvalue weighted by Crippen LogP contribution is -2.20. The summed E-state index contributed by atoms with van der Waals surface area (Å²) in [6.45, 7) is 4.47. The van der Waals surface area contributed by atoms with Gasteiger partial charge >= 0.3 is 0 Å². The molecule has 3 aromatic carbocycles. The average Bonchev–Trinajstić information content (AvgIpc) is 2.67. The Morgan fingerprint density at radius 2 is 1.58 bits per heavy atom. The number of hydrogen-bond acceptors (Lipinski definition) is 1. The van der Waals surface area contributed by atoms with Crippen molar-refractivity contribution in [2.24, 2.45) is 0 Å². The largest absolute Gasteiger partial charge is 0.508 e. The Balaban J connectivity index is 1.82. The smallest absolute Gasteiger partial charge is 0.115 e. The Hall–Kier alpha value is -2.54. The lowest BCUT2D eigenvalue weighted by Gasteiger charge is -2.35. The Labute approximate surface area is 156 Å². The van der Waals surface area contributed by atoms with Gasteiger partial charge in [0, 0.05) is 5.92 Å². The van der Waals surface area contributed by atoms with Crippen LogP contribution in [0.4, 0.5) is 0 Å². The zero-order valence-corrected chi connectivity index (χ0v) is 15.5. The molecule has 4 rings (SSSR count). The van der Waals surface area contributed by atoms with Crippen molar-refractivity contribution in [3.63, 3.8) is 0 Å². The van der Waals surface area contributed by atoms with Gasteiger partial charge in [-0.05, 0) is 64.6 Å². The number of rotatable bonds is 3. The van der Waals surface area contributed by atoms with Gasteiger partial charge in [0.25, 0.3) is 0 Å². The highest BCUT2D eigenvalue weighted by Gasteiger charge is 2.32. The molecule has 1 heteroatoms. The summed E-state index contributed by atoms with van der Waals surface area (Å²) in [5.74, 6) is 1.72. The highest BCUT2D eigenvalue weighted by Crippen LogP contribution is 2.46. The van der Waals surface area contributed by atoms with E-state index in [0.29, 0.717) is 23.5 Å². The molecule has 0 saturated carbocycles. The number of fused-ring (bicyclic) bond motifs is 1. The summed E-state index contributed by atoms with van der Waals surface area (Å²) in [5.41, 5.74) is 6.81. The van der Waals surface area contributed by atoms with Gasteiger partial charge in [-0.1, -0.05) is 74.5 Å². The molecule has 0 spiro atoms. The number of aryl methyl sites for hydroxylation is 1. The standard InChI is InChI=1S/C25H26O/c1-17(2)18-8-10-20(11-9-18)25-23(19-6-4-3-5-7-19)14-12-21-16-22(26)13-15-24(21)25/h3-11,13,15-17,23,25-26H,12,14H2,1-2H3. The van der Waals surface area contributed by atoms with Crippen molar-refractivity contribution in [3.8, 4) is 5.75 Å². The first-order chi connectivity index (χ1) is 12.6. The highest BCUT2D eigenvalue weighted by molar-refractivity contribution is 5.47. The number of phenols is 1. The third kappa shape index (κ3) is 3.14. The molecule has 0 radical (unpaired) electrons. The van der Waals surface area contributed by atoms with E-state index in [-0.39, 0.29) is 0 Å². The monoisotopic (exact) mass is 342 g/mol. The summed E-state index contributed by atoms with van der Waals surface area (Å²) >= 11 is 0. The Kier molecular flexibility index (Phi) is 4.55. The van der Waals surface area contributed by atoms with Gasteiger partial charge < -0.3 is 5.11 Å². The molecule has 26 heavy (non-hydrogen) atoms. The minimum Gasteiger partial charge on any atom is -0.508 e. The summed E-state index contributed by atoms with van der Waals surface area (Å²) in [4.78, 5) is 0. The Bertz CT molecular complexity index is 878. The fourth-order valence-electron chi connectivity index (χ4n) is 4.37. The van der Waals surface area contributed by atoms with Crippen LogP contribution in [0.2, 0.25) is 0 Å². The Morgan fingerprint density at radius 1 is 0.846 bits per heavy atom. The Morgan fingerprint density at radius 3 is 2.27 bits per heavy atom. The van der Waals surface area contributed by atoms with E-state index >= 15 is 0 Å². The van der Waals surface area contributed by atoms with Crippen molar-refractivity contribution in [2.45, 2.75) is 44.4 Å². The number of phenolic OH excluding ortho intramolecular Hbond substituents is 1. The van der Waals surface area contributed by atoms with E-state index in [4.69, 9.17) is 0 Å². The SMILES string of the molecule is CC(C)c1ccc(C2c3ccc(O)cc3CCC2c2ccccc2)cc1. The van der Waals surface area contributed by atoms with Gasteiger partial charge in [0.15, 0.2) is 0 Å². The molecule has 0 aromatic heterocycles. The van der Waals surface area contributed by atoms with Crippen LogP contribution in [0.3, 0.4) is 0 Å². The van der Waals surface area contributed by atoms with Crippen LogP contribution in [0.1, 0.15) is 65.8 Å². The third-order valence-electron chi connectivity index (χ3n) is 5.78. The molecule has 1 nitrogen and oxygen atoms in total. The van der Waals surface area contributed by atoms with E-state index < -0.39 is 0 Å². The molecular weight excluding hydrogens is 316 g/mol. The maximum absolute atomic E-state index is 9.93. The number of benzene rings is 3. The second kappa shape index (κ2) is 6.99. The van der Waals surface area contributed by atoms with Crippen LogP contribution < -0.4 is 0 Å². The van der Waals surface area contributed by atoms with E-state index in [1.165, 1.54) is 27.8 Å². The molecule has 3 aromatic rings. The number of aromatic hydroxyl groups is 1. The fraction of sp³-hybridized carbons (Fsp3) is 0.280. The topological polar surface area (TPSA) is 20.2 Å². The van der Waals surface area contributed by atoms with Crippen LogP contribution in [0, 0.1) is 0 Å². The second-order valence-electron chi connectivity index (χ2n) is 7.74. The van der Waals surface area contributed by atoms with Gasteiger partial charge in [-0.25, -0.2) is 0 Å². The van der Waals surface area contributed by atoms with Crippen LogP contribution in [-0.4, -0.2) is 5.11 Å². The third-order valence-corrected chi connectivity index (χ3v) is 5.78. The fourth-order valence-corrected chi connectivity index (χ4v) is 4.37. The average molecular weight is 342 g/mol. The molecule has 1 N–H and O–H groups in total. The van der Waals surface area contributed by atoms with Crippen LogP contribution in [0.5, 0.6) is 5.75 Å². The molecule has 0 heterocycles. The van der Waals surface area contributed by atoms with Crippen LogP contribution >= 0.6 is 0 Å². The van der Waals surface area contributed by atoms with Crippen LogP contribution in [0.25, 0.3) is 0 Å². The molecule has 2 unspecified atom stereocenters. The van der Waals surface area contributed by atoms with Gasteiger partial charge in [0.1, 0.15) is 5.75 Å². The zero-order valence-electron chi connectivity index (χ0n) is 15.5. The van der Waals surface area contributed by atoms with Crippen molar-refractivity contribution in [3.05, 3.63) is 101 Å². The molecule has 0 fully saturated rings. The molecule has 1 aliphatic carbocycles. The van der Waals surface area contributed by atoms with E-state index in [0.717, 1.165) is 12.8 Å². The normalized spacial score (nSPS) is 19.3. The summed E-state index contributed by atoms with van der Waals surface area (Å²) in [6, 6.07) is 25.9. The molecule has 1 aliphatic rings. The van der Waals surface area contributed by atoms with Crippen molar-refractivity contribution in [1.29, 1.82) is 0 Å². The first kappa shape index (κ1) is 16.9. The quantitative estimate of drug-likeness (QED) is 0.586. The second-order valence-corrected chi connectivity index (χ2v) is 7.74. The van der Waals surface area contributed by atoms with Crippen LogP contribution in [0.15, 0.2) is 72.8 Å². The molecule has 0 aliphatic heterocycles. The van der Waals surface area contributed by atoms with Gasteiger partial charge in [-0.2, -0.15) is 0 Å². The van der Waals surface area contributed by atoms with Crippen molar-refractivity contribution in [2.75, 3.05) is 0 Å². The maximum Gasteiger partial charge on any atom is 0.115 e. The van der Waals surface area contributed by atoms with Gasteiger partial charge in [-0.3, -0.25) is 0 Å². The van der Waals surface area contributed by atoms with Gasteiger partial charge in [0.05, 0.1) is 0 Å².